The molecule has 0 atom stereocenters. The van der Waals surface area contributed by atoms with Crippen molar-refractivity contribution in [2.75, 3.05) is 0 Å². The van der Waals surface area contributed by atoms with Gasteiger partial charge < -0.3 is 4.74 Å². The second kappa shape index (κ2) is 6.96. The smallest absolute Gasteiger partial charge is 0.271 e. The van der Waals surface area contributed by atoms with Gasteiger partial charge in [0.15, 0.2) is 11.5 Å². The van der Waals surface area contributed by atoms with E-state index in [1.54, 1.807) is 18.2 Å². The Bertz CT molecular complexity index is 687. The van der Waals surface area contributed by atoms with Gasteiger partial charge in [-0.05, 0) is 37.9 Å². The van der Waals surface area contributed by atoms with Crippen molar-refractivity contribution in [3.05, 3.63) is 60.0 Å². The van der Waals surface area contributed by atoms with Crippen molar-refractivity contribution < 1.29 is 9.66 Å². The topological polar surface area (TPSA) is 52.4 Å². The van der Waals surface area contributed by atoms with Crippen molar-refractivity contribution in [3.8, 4) is 11.5 Å². The summed E-state index contributed by atoms with van der Waals surface area (Å²) in [5, 5.41) is 11.2. The Morgan fingerprint density at radius 2 is 1.81 bits per heavy atom. The van der Waals surface area contributed by atoms with Crippen molar-refractivity contribution in [3.63, 3.8) is 0 Å². The van der Waals surface area contributed by atoms with Crippen LogP contribution in [0.5, 0.6) is 11.5 Å². The normalized spacial score (nSPS) is 10.5. The standard InChI is InChI=1S/C13H7Br2Cl2NO3/c14-9-4-8(18(19)20)5-10(15)13(9)21-12-7(6-16)2-1-3-11(12)17/h1-5H,6H2. The quantitative estimate of drug-likeness (QED) is 0.308. The van der Waals surface area contributed by atoms with Gasteiger partial charge in [0.25, 0.3) is 5.69 Å². The van der Waals surface area contributed by atoms with E-state index in [0.29, 0.717) is 25.5 Å². The second-order valence-electron chi connectivity index (χ2n) is 3.96. The molecule has 110 valence electrons. The van der Waals surface area contributed by atoms with Crippen molar-refractivity contribution in [1.29, 1.82) is 0 Å². The van der Waals surface area contributed by atoms with E-state index in [0.717, 1.165) is 5.56 Å². The number of hydrogen-bond donors (Lipinski definition) is 0. The molecule has 0 amide bonds. The van der Waals surface area contributed by atoms with Crippen LogP contribution in [-0.2, 0) is 5.88 Å². The first-order valence-electron chi connectivity index (χ1n) is 5.58. The van der Waals surface area contributed by atoms with E-state index < -0.39 is 4.92 Å². The average molecular weight is 456 g/mol. The number of hydrogen-bond acceptors (Lipinski definition) is 3. The van der Waals surface area contributed by atoms with Crippen molar-refractivity contribution in [2.24, 2.45) is 0 Å². The maximum absolute atomic E-state index is 10.8. The summed E-state index contributed by atoms with van der Waals surface area (Å²) >= 11 is 18.5. The third-order valence-corrected chi connectivity index (χ3v) is 4.35. The number of benzene rings is 2. The lowest BCUT2D eigenvalue weighted by atomic mass is 10.2. The number of alkyl halides is 1. The molecular weight excluding hydrogens is 449 g/mol. The van der Waals surface area contributed by atoms with Crippen LogP contribution >= 0.6 is 55.1 Å². The zero-order valence-corrected chi connectivity index (χ0v) is 15.0. The largest absolute Gasteiger partial charge is 0.453 e. The Balaban J connectivity index is 2.48. The van der Waals surface area contributed by atoms with Crippen LogP contribution in [0.4, 0.5) is 5.69 Å². The van der Waals surface area contributed by atoms with Gasteiger partial charge in [-0.2, -0.15) is 0 Å². The van der Waals surface area contributed by atoms with Crippen LogP contribution in [0.1, 0.15) is 5.56 Å². The molecule has 0 spiro atoms. The van der Waals surface area contributed by atoms with Gasteiger partial charge >= 0.3 is 0 Å². The molecule has 0 aliphatic heterocycles. The Hall–Kier alpha value is -0.820. The molecule has 2 aromatic rings. The number of nitrogens with zero attached hydrogens (tertiary/aromatic N) is 1. The van der Waals surface area contributed by atoms with E-state index in [2.05, 4.69) is 31.9 Å². The SMILES string of the molecule is O=[N+]([O-])c1cc(Br)c(Oc2c(Cl)cccc2CCl)c(Br)c1. The van der Waals surface area contributed by atoms with Crippen LogP contribution in [-0.4, -0.2) is 4.92 Å². The van der Waals surface area contributed by atoms with Gasteiger partial charge in [-0.3, -0.25) is 10.1 Å². The summed E-state index contributed by atoms with van der Waals surface area (Å²) in [7, 11) is 0. The molecule has 0 heterocycles. The lowest BCUT2D eigenvalue weighted by molar-refractivity contribution is -0.385. The van der Waals surface area contributed by atoms with E-state index in [4.69, 9.17) is 27.9 Å². The predicted molar refractivity (Wildman–Crippen MR) is 89.6 cm³/mol. The molecule has 0 N–H and O–H groups in total. The van der Waals surface area contributed by atoms with Crippen molar-refractivity contribution in [1.82, 2.24) is 0 Å². The highest BCUT2D eigenvalue weighted by atomic mass is 79.9. The number of nitro groups is 1. The zero-order chi connectivity index (χ0) is 15.6. The third-order valence-electron chi connectivity index (χ3n) is 2.59. The summed E-state index contributed by atoms with van der Waals surface area (Å²) in [4.78, 5) is 10.3. The molecule has 0 aliphatic rings. The maximum atomic E-state index is 10.8. The molecule has 2 rings (SSSR count). The predicted octanol–water partition coefficient (Wildman–Crippen LogP) is 6.30. The minimum Gasteiger partial charge on any atom is -0.453 e. The molecule has 0 fully saturated rings. The second-order valence-corrected chi connectivity index (χ2v) is 6.34. The molecule has 0 bridgehead atoms. The number of para-hydroxylation sites is 1. The summed E-state index contributed by atoms with van der Waals surface area (Å²) in [6.07, 6.45) is 0. The molecule has 0 aromatic heterocycles. The monoisotopic (exact) mass is 453 g/mol. The van der Waals surface area contributed by atoms with Gasteiger partial charge in [0.1, 0.15) is 0 Å². The molecular formula is C13H7Br2Cl2NO3. The molecule has 21 heavy (non-hydrogen) atoms. The maximum Gasteiger partial charge on any atom is 0.271 e. The molecule has 0 unspecified atom stereocenters. The summed E-state index contributed by atoms with van der Waals surface area (Å²) < 4.78 is 6.66. The first-order chi connectivity index (χ1) is 9.93. The zero-order valence-electron chi connectivity index (χ0n) is 10.3. The number of nitro benzene ring substituents is 1. The van der Waals surface area contributed by atoms with Crippen LogP contribution in [0.15, 0.2) is 39.3 Å². The van der Waals surface area contributed by atoms with Crippen LogP contribution in [0, 0.1) is 10.1 Å². The highest BCUT2D eigenvalue weighted by molar-refractivity contribution is 9.11. The van der Waals surface area contributed by atoms with E-state index in [1.165, 1.54) is 12.1 Å². The molecule has 0 radical (unpaired) electrons. The van der Waals surface area contributed by atoms with E-state index in [-0.39, 0.29) is 11.6 Å². The first kappa shape index (κ1) is 16.5. The summed E-state index contributed by atoms with van der Waals surface area (Å²) in [5.41, 5.74) is 0.666. The van der Waals surface area contributed by atoms with Gasteiger partial charge in [0.05, 0.1) is 24.8 Å². The van der Waals surface area contributed by atoms with Crippen molar-refractivity contribution >= 4 is 60.7 Å². The summed E-state index contributed by atoms with van der Waals surface area (Å²) in [6, 6.07) is 7.96. The Morgan fingerprint density at radius 1 is 1.19 bits per heavy atom. The average Bonchev–Trinajstić information content (AvgIpc) is 2.43. The lowest BCUT2D eigenvalue weighted by Crippen LogP contribution is -1.94. The molecule has 2 aromatic carbocycles. The van der Waals surface area contributed by atoms with E-state index in [9.17, 15) is 10.1 Å². The Morgan fingerprint density at radius 3 is 2.33 bits per heavy atom. The number of ether oxygens (including phenoxy) is 1. The molecule has 8 heteroatoms. The fourth-order valence-electron chi connectivity index (χ4n) is 1.62. The minimum atomic E-state index is -0.487. The molecule has 0 aliphatic carbocycles. The van der Waals surface area contributed by atoms with Gasteiger partial charge in [-0.15, -0.1) is 11.6 Å². The van der Waals surface area contributed by atoms with Crippen LogP contribution < -0.4 is 4.74 Å². The Labute approximate surface area is 147 Å². The third kappa shape index (κ3) is 3.69. The number of rotatable bonds is 4. The van der Waals surface area contributed by atoms with Crippen LogP contribution in [0.3, 0.4) is 0 Å². The molecule has 4 nitrogen and oxygen atoms in total. The van der Waals surface area contributed by atoms with Gasteiger partial charge in [-0.1, -0.05) is 23.7 Å². The molecule has 0 saturated heterocycles. The van der Waals surface area contributed by atoms with Crippen LogP contribution in [0.25, 0.3) is 0 Å². The highest BCUT2D eigenvalue weighted by Crippen LogP contribution is 2.42. The van der Waals surface area contributed by atoms with Gasteiger partial charge in [0, 0.05) is 17.7 Å². The Kier molecular flexibility index (Phi) is 5.48. The summed E-state index contributed by atoms with van der Waals surface area (Å²) in [5.74, 6) is 1.04. The first-order valence-corrected chi connectivity index (χ1v) is 8.08. The highest BCUT2D eigenvalue weighted by Gasteiger charge is 2.18. The lowest BCUT2D eigenvalue weighted by Gasteiger charge is -2.14. The minimum absolute atomic E-state index is 0.0576. The fourth-order valence-corrected chi connectivity index (χ4v) is 3.39. The molecule has 0 saturated carbocycles. The van der Waals surface area contributed by atoms with Crippen LogP contribution in [0.2, 0.25) is 5.02 Å². The summed E-state index contributed by atoms with van der Waals surface area (Å²) in [6.45, 7) is 0. The van der Waals surface area contributed by atoms with Gasteiger partial charge in [0.2, 0.25) is 0 Å². The number of halogens is 4. The number of non-ortho nitro benzene ring substituents is 1. The van der Waals surface area contributed by atoms with E-state index in [1.807, 2.05) is 0 Å². The van der Waals surface area contributed by atoms with E-state index >= 15 is 0 Å². The fraction of sp³-hybridized carbons (Fsp3) is 0.0769. The van der Waals surface area contributed by atoms with Crippen molar-refractivity contribution in [2.45, 2.75) is 5.88 Å². The van der Waals surface area contributed by atoms with Gasteiger partial charge in [-0.25, -0.2) is 0 Å².